The van der Waals surface area contributed by atoms with Gasteiger partial charge in [-0.1, -0.05) is 29.8 Å². The molecule has 0 spiro atoms. The molecule has 0 unspecified atom stereocenters. The van der Waals surface area contributed by atoms with Crippen LogP contribution in [0.1, 0.15) is 40.6 Å². The summed E-state index contributed by atoms with van der Waals surface area (Å²) in [5, 5.41) is 9.38. The lowest BCUT2D eigenvalue weighted by molar-refractivity contribution is 0.0729. The number of hydrogen-bond acceptors (Lipinski definition) is 4. The van der Waals surface area contributed by atoms with Crippen LogP contribution in [0, 0.1) is 0 Å². The van der Waals surface area contributed by atoms with Gasteiger partial charge in [0, 0.05) is 34.0 Å². The zero-order valence-corrected chi connectivity index (χ0v) is 18.4. The topological polar surface area (TPSA) is 50.5 Å². The Kier molecular flexibility index (Phi) is 5.66. The molecule has 156 valence electrons. The van der Waals surface area contributed by atoms with Crippen LogP contribution in [0.4, 0.5) is 0 Å². The van der Waals surface area contributed by atoms with E-state index in [9.17, 15) is 4.79 Å². The Morgan fingerprint density at radius 2 is 1.84 bits per heavy atom. The Balaban J connectivity index is 1.29. The number of hydrogen-bond donors (Lipinski definition) is 0. The molecule has 4 aromatic rings. The molecule has 31 heavy (non-hydrogen) atoms. The summed E-state index contributed by atoms with van der Waals surface area (Å²) >= 11 is 7.70. The van der Waals surface area contributed by atoms with Gasteiger partial charge in [0.05, 0.1) is 6.04 Å². The lowest BCUT2D eigenvalue weighted by atomic mass is 10.1. The average molecular weight is 449 g/mol. The highest BCUT2D eigenvalue weighted by atomic mass is 35.5. The summed E-state index contributed by atoms with van der Waals surface area (Å²) in [4.78, 5) is 16.4. The van der Waals surface area contributed by atoms with E-state index in [4.69, 9.17) is 11.6 Å². The number of carbonyl (C=O) groups excluding carboxylic acids is 1. The third-order valence-corrected chi connectivity index (χ3v) is 6.91. The SMILES string of the molecule is O=C(c1ccc(CSc2ccc(Cl)cc2)cc1)N1CCC[C@@H]1c1nnc2ccccn12. The van der Waals surface area contributed by atoms with Crippen molar-refractivity contribution in [1.29, 1.82) is 0 Å². The molecule has 2 aromatic heterocycles. The van der Waals surface area contributed by atoms with Crippen molar-refractivity contribution >= 4 is 34.9 Å². The van der Waals surface area contributed by atoms with E-state index < -0.39 is 0 Å². The minimum absolute atomic E-state index is 0.0482. The summed E-state index contributed by atoms with van der Waals surface area (Å²) in [7, 11) is 0. The van der Waals surface area contributed by atoms with Gasteiger partial charge in [-0.15, -0.1) is 22.0 Å². The Bertz CT molecular complexity index is 1210. The van der Waals surface area contributed by atoms with Crippen molar-refractivity contribution in [2.75, 3.05) is 6.54 Å². The van der Waals surface area contributed by atoms with Crippen LogP contribution in [0.3, 0.4) is 0 Å². The monoisotopic (exact) mass is 448 g/mol. The van der Waals surface area contributed by atoms with Crippen molar-refractivity contribution in [1.82, 2.24) is 19.5 Å². The Morgan fingerprint density at radius 3 is 2.65 bits per heavy atom. The second-order valence-corrected chi connectivity index (χ2v) is 9.07. The van der Waals surface area contributed by atoms with E-state index in [2.05, 4.69) is 10.2 Å². The minimum Gasteiger partial charge on any atom is -0.328 e. The first-order chi connectivity index (χ1) is 15.2. The molecule has 2 aromatic carbocycles. The number of thioether (sulfide) groups is 1. The van der Waals surface area contributed by atoms with Gasteiger partial charge in [0.15, 0.2) is 11.5 Å². The molecule has 7 heteroatoms. The normalized spacial score (nSPS) is 16.2. The summed E-state index contributed by atoms with van der Waals surface area (Å²) in [6, 6.07) is 21.5. The lowest BCUT2D eigenvalue weighted by Crippen LogP contribution is -2.31. The van der Waals surface area contributed by atoms with Crippen LogP contribution in [0.25, 0.3) is 5.65 Å². The summed E-state index contributed by atoms with van der Waals surface area (Å²) in [6.07, 6.45) is 3.82. The van der Waals surface area contributed by atoms with E-state index in [0.717, 1.165) is 41.6 Å². The molecular formula is C24H21ClN4OS. The summed E-state index contributed by atoms with van der Waals surface area (Å²) in [5.74, 6) is 1.72. The summed E-state index contributed by atoms with van der Waals surface area (Å²) in [6.45, 7) is 0.736. The predicted molar refractivity (Wildman–Crippen MR) is 123 cm³/mol. The third kappa shape index (κ3) is 4.18. The molecule has 1 aliphatic heterocycles. The van der Waals surface area contributed by atoms with Crippen LogP contribution >= 0.6 is 23.4 Å². The van der Waals surface area contributed by atoms with Gasteiger partial charge in [0.25, 0.3) is 5.91 Å². The van der Waals surface area contributed by atoms with Gasteiger partial charge in [-0.3, -0.25) is 9.20 Å². The van der Waals surface area contributed by atoms with E-state index in [1.807, 2.05) is 82.2 Å². The van der Waals surface area contributed by atoms with Gasteiger partial charge in [-0.25, -0.2) is 0 Å². The molecule has 5 nitrogen and oxygen atoms in total. The van der Waals surface area contributed by atoms with Crippen molar-refractivity contribution in [2.24, 2.45) is 0 Å². The van der Waals surface area contributed by atoms with E-state index >= 15 is 0 Å². The van der Waals surface area contributed by atoms with Crippen molar-refractivity contribution in [2.45, 2.75) is 29.5 Å². The number of fused-ring (bicyclic) bond motifs is 1. The molecule has 0 bridgehead atoms. The number of rotatable bonds is 5. The maximum absolute atomic E-state index is 13.3. The molecule has 0 radical (unpaired) electrons. The second-order valence-electron chi connectivity index (χ2n) is 7.58. The maximum atomic E-state index is 13.3. The number of aromatic nitrogens is 3. The standard InChI is InChI=1S/C24H21ClN4OS/c25-19-10-12-20(13-11-19)31-16-17-6-8-18(9-7-17)24(30)28-15-3-4-21(28)23-27-26-22-5-1-2-14-29(22)23/h1-2,5-14,21H,3-4,15-16H2/t21-/m1/s1. The fourth-order valence-corrected chi connectivity index (χ4v) is 4.95. The van der Waals surface area contributed by atoms with Crippen LogP contribution < -0.4 is 0 Å². The van der Waals surface area contributed by atoms with Gasteiger partial charge >= 0.3 is 0 Å². The lowest BCUT2D eigenvalue weighted by Gasteiger charge is -2.23. The van der Waals surface area contributed by atoms with Crippen LogP contribution in [-0.2, 0) is 5.75 Å². The van der Waals surface area contributed by atoms with E-state index in [1.165, 1.54) is 10.5 Å². The van der Waals surface area contributed by atoms with E-state index in [-0.39, 0.29) is 11.9 Å². The molecule has 0 N–H and O–H groups in total. The minimum atomic E-state index is -0.0509. The third-order valence-electron chi connectivity index (χ3n) is 5.57. The van der Waals surface area contributed by atoms with Crippen molar-refractivity contribution in [3.63, 3.8) is 0 Å². The van der Waals surface area contributed by atoms with Gasteiger partial charge in [-0.2, -0.15) is 0 Å². The number of carbonyl (C=O) groups is 1. The highest BCUT2D eigenvalue weighted by Gasteiger charge is 2.33. The fraction of sp³-hybridized carbons (Fsp3) is 0.208. The van der Waals surface area contributed by atoms with Crippen LogP contribution in [0.5, 0.6) is 0 Å². The molecule has 1 amide bonds. The number of benzene rings is 2. The molecule has 3 heterocycles. The molecule has 1 saturated heterocycles. The molecule has 1 atom stereocenters. The molecule has 0 saturated carbocycles. The first-order valence-electron chi connectivity index (χ1n) is 10.3. The van der Waals surface area contributed by atoms with E-state index in [1.54, 1.807) is 11.8 Å². The van der Waals surface area contributed by atoms with Crippen LogP contribution in [-0.4, -0.2) is 31.9 Å². The molecular weight excluding hydrogens is 428 g/mol. The maximum Gasteiger partial charge on any atom is 0.254 e. The molecule has 5 rings (SSSR count). The van der Waals surface area contributed by atoms with Crippen molar-refractivity contribution < 1.29 is 4.79 Å². The Labute approximate surface area is 190 Å². The zero-order chi connectivity index (χ0) is 21.2. The molecule has 1 aliphatic rings. The smallest absolute Gasteiger partial charge is 0.254 e. The van der Waals surface area contributed by atoms with Crippen molar-refractivity contribution in [3.8, 4) is 0 Å². The quantitative estimate of drug-likeness (QED) is 0.370. The van der Waals surface area contributed by atoms with Gasteiger partial charge in [0.2, 0.25) is 0 Å². The Hall–Kier alpha value is -2.83. The van der Waals surface area contributed by atoms with Crippen LogP contribution in [0.15, 0.2) is 77.8 Å². The van der Waals surface area contributed by atoms with E-state index in [0.29, 0.717) is 5.56 Å². The van der Waals surface area contributed by atoms with Gasteiger partial charge in [-0.05, 0) is 66.9 Å². The average Bonchev–Trinajstić information content (AvgIpc) is 3.45. The van der Waals surface area contributed by atoms with Gasteiger partial charge < -0.3 is 4.90 Å². The number of likely N-dealkylation sites (tertiary alicyclic amines) is 1. The second kappa shape index (κ2) is 8.73. The number of amides is 1. The molecule has 1 fully saturated rings. The first-order valence-corrected chi connectivity index (χ1v) is 11.6. The largest absolute Gasteiger partial charge is 0.328 e. The Morgan fingerprint density at radius 1 is 1.03 bits per heavy atom. The number of nitrogens with zero attached hydrogens (tertiary/aromatic N) is 4. The highest BCUT2D eigenvalue weighted by molar-refractivity contribution is 7.98. The zero-order valence-electron chi connectivity index (χ0n) is 16.8. The fourth-order valence-electron chi connectivity index (χ4n) is 3.97. The first kappa shape index (κ1) is 20.1. The predicted octanol–water partition coefficient (Wildman–Crippen LogP) is 5.65. The summed E-state index contributed by atoms with van der Waals surface area (Å²) in [5.41, 5.74) is 2.69. The van der Waals surface area contributed by atoms with Crippen LogP contribution in [0.2, 0.25) is 5.02 Å². The van der Waals surface area contributed by atoms with Crippen molar-refractivity contribution in [3.05, 3.63) is 94.9 Å². The van der Waals surface area contributed by atoms with Gasteiger partial charge in [0.1, 0.15) is 0 Å². The number of pyridine rings is 1. The molecule has 0 aliphatic carbocycles. The highest BCUT2D eigenvalue weighted by Crippen LogP contribution is 2.32. The number of halogens is 1. The summed E-state index contributed by atoms with van der Waals surface area (Å²) < 4.78 is 1.98.